The fraction of sp³-hybridized carbons (Fsp3) is 0.900. The molecule has 0 aliphatic heterocycles. The van der Waals surface area contributed by atoms with Crippen molar-refractivity contribution in [2.45, 2.75) is 149 Å². The first-order valence-electron chi connectivity index (χ1n) is 18.6. The van der Waals surface area contributed by atoms with Gasteiger partial charge in [0.1, 0.15) is 0 Å². The van der Waals surface area contributed by atoms with Gasteiger partial charge in [0.25, 0.3) is 0 Å². The van der Waals surface area contributed by atoms with Crippen LogP contribution in [0.4, 0.5) is 0 Å². The third kappa shape index (κ3) is 3.38. The van der Waals surface area contributed by atoms with Gasteiger partial charge in [-0.1, -0.05) is 51.7 Å². The minimum atomic E-state index is -0.0950. The molecule has 2 heteroatoms. The van der Waals surface area contributed by atoms with Crippen LogP contribution in [0.1, 0.15) is 137 Å². The summed E-state index contributed by atoms with van der Waals surface area (Å²) in [5.74, 6) is 9.70. The molecule has 0 aromatic heterocycles. The van der Waals surface area contributed by atoms with Crippen molar-refractivity contribution >= 4 is 0 Å². The third-order valence-electron chi connectivity index (χ3n) is 17.9. The van der Waals surface area contributed by atoms with Crippen LogP contribution in [0.5, 0.6) is 0 Å². The largest absolute Gasteiger partial charge is 0.393 e. The number of hydrogen-bond acceptors (Lipinski definition) is 2. The zero-order valence-electron chi connectivity index (χ0n) is 27.5. The Bertz CT molecular complexity index is 1180. The van der Waals surface area contributed by atoms with Crippen molar-refractivity contribution in [3.8, 4) is 12.3 Å². The van der Waals surface area contributed by atoms with E-state index in [1.54, 1.807) is 0 Å². The molecule has 7 saturated carbocycles. The van der Waals surface area contributed by atoms with E-state index in [9.17, 15) is 5.11 Å². The summed E-state index contributed by atoms with van der Waals surface area (Å²) in [7, 11) is 0. The fourth-order valence-electron chi connectivity index (χ4n) is 15.8. The zero-order valence-corrected chi connectivity index (χ0v) is 27.5. The molecule has 8 aliphatic rings. The van der Waals surface area contributed by atoms with Crippen molar-refractivity contribution < 1.29 is 5.11 Å². The first kappa shape index (κ1) is 28.7. The number of hydrogen-bond donors (Lipinski definition) is 2. The van der Waals surface area contributed by atoms with Crippen LogP contribution in [0.25, 0.3) is 0 Å². The highest BCUT2D eigenvalue weighted by Crippen LogP contribution is 2.77. The molecule has 0 heterocycles. The predicted octanol–water partition coefficient (Wildman–Crippen LogP) is 8.92. The average molecular weight is 572 g/mol. The second kappa shape index (κ2) is 9.38. The molecule has 0 amide bonds. The lowest BCUT2D eigenvalue weighted by molar-refractivity contribution is -0.186. The SMILES string of the molecule is C#CC1(C2CC(N)CC3CC[C@@H]4[C@@H](CC[C@]5(C)C(O)CC[C@@H]45)[C@]32C)CC[C@H]2[C@@H]3CC=C4CCCC[C@]4(C)[C@@H]3CC[C@@]21C. The van der Waals surface area contributed by atoms with Crippen molar-refractivity contribution in [1.82, 2.24) is 0 Å². The zero-order chi connectivity index (χ0) is 29.3. The van der Waals surface area contributed by atoms with E-state index in [2.05, 4.69) is 39.7 Å². The normalized spacial score (nSPS) is 60.1. The Morgan fingerprint density at radius 1 is 0.810 bits per heavy atom. The lowest BCUT2D eigenvalue weighted by atomic mass is 9.36. The van der Waals surface area contributed by atoms with Gasteiger partial charge in [-0.05, 0) is 172 Å². The van der Waals surface area contributed by atoms with Crippen LogP contribution in [-0.2, 0) is 0 Å². The van der Waals surface area contributed by atoms with Crippen molar-refractivity contribution in [1.29, 1.82) is 0 Å². The van der Waals surface area contributed by atoms with Crippen LogP contribution in [0.3, 0.4) is 0 Å². The monoisotopic (exact) mass is 571 g/mol. The summed E-state index contributed by atoms with van der Waals surface area (Å²) >= 11 is 0. The molecule has 0 saturated heterocycles. The standard InChI is InChI=1S/C40H61NO/c1-6-40(22-18-32-28-12-10-25-9-7-8-19-36(25,2)31(28)17-21-38(32,40)4)34-24-27(41)23-26-11-13-29-30-14-15-35(42)37(30,3)20-16-33(29)39(26,34)5/h1,10,26-35,42H,7-9,11-24,41H2,2-5H3/t26?,27?,28-,29+,30+,31-,32+,33-,34?,35?,36+,37+,38+,39+,40?/m1/s1. The molecular formula is C40H61NO. The Morgan fingerprint density at radius 2 is 1.60 bits per heavy atom. The molecule has 232 valence electrons. The Labute approximate surface area is 257 Å². The Balaban J connectivity index is 1.18. The number of nitrogens with two attached hydrogens (primary N) is 1. The molecule has 8 rings (SSSR count). The van der Waals surface area contributed by atoms with E-state index in [1.165, 1.54) is 96.3 Å². The molecule has 3 N–H and O–H groups in total. The molecule has 0 bridgehead atoms. The van der Waals surface area contributed by atoms with E-state index < -0.39 is 0 Å². The molecule has 0 spiro atoms. The fourth-order valence-corrected chi connectivity index (χ4v) is 15.8. The first-order chi connectivity index (χ1) is 20.0. The maximum Gasteiger partial charge on any atom is 0.0596 e. The maximum absolute atomic E-state index is 11.1. The van der Waals surface area contributed by atoms with Gasteiger partial charge in [-0.2, -0.15) is 0 Å². The molecule has 7 fully saturated rings. The van der Waals surface area contributed by atoms with E-state index in [1.807, 2.05) is 5.57 Å². The molecule has 2 nitrogen and oxygen atoms in total. The highest BCUT2D eigenvalue weighted by atomic mass is 16.3. The highest BCUT2D eigenvalue weighted by molar-refractivity contribution is 5.30. The molecule has 8 aliphatic carbocycles. The summed E-state index contributed by atoms with van der Waals surface area (Å²) in [6.45, 7) is 10.5. The van der Waals surface area contributed by atoms with Gasteiger partial charge in [0.05, 0.1) is 6.10 Å². The van der Waals surface area contributed by atoms with E-state index in [0.717, 1.165) is 42.4 Å². The van der Waals surface area contributed by atoms with E-state index in [4.69, 9.17) is 12.2 Å². The number of allylic oxidation sites excluding steroid dienone is 2. The van der Waals surface area contributed by atoms with Crippen LogP contribution < -0.4 is 5.73 Å². The third-order valence-corrected chi connectivity index (χ3v) is 17.9. The molecule has 0 aromatic rings. The van der Waals surface area contributed by atoms with E-state index in [0.29, 0.717) is 29.2 Å². The van der Waals surface area contributed by atoms with Gasteiger partial charge in [-0.15, -0.1) is 6.42 Å². The van der Waals surface area contributed by atoms with Crippen LogP contribution in [0.15, 0.2) is 11.6 Å². The summed E-state index contributed by atoms with van der Waals surface area (Å²) in [6, 6.07) is 0.303. The number of aliphatic hydroxyl groups excluding tert-OH is 1. The van der Waals surface area contributed by atoms with Crippen LogP contribution in [0.2, 0.25) is 0 Å². The molecule has 15 atom stereocenters. The Morgan fingerprint density at radius 3 is 2.40 bits per heavy atom. The van der Waals surface area contributed by atoms with Gasteiger partial charge in [0, 0.05) is 11.5 Å². The minimum absolute atomic E-state index is 0.0248. The predicted molar refractivity (Wildman–Crippen MR) is 172 cm³/mol. The van der Waals surface area contributed by atoms with Crippen LogP contribution in [0, 0.1) is 86.8 Å². The summed E-state index contributed by atoms with van der Waals surface area (Å²) in [5, 5.41) is 11.1. The van der Waals surface area contributed by atoms with Gasteiger partial charge in [-0.3, -0.25) is 0 Å². The molecule has 5 unspecified atom stereocenters. The van der Waals surface area contributed by atoms with Crippen LogP contribution in [-0.4, -0.2) is 17.3 Å². The van der Waals surface area contributed by atoms with Gasteiger partial charge in [-0.25, -0.2) is 0 Å². The minimum Gasteiger partial charge on any atom is -0.393 e. The number of fused-ring (bicyclic) bond motifs is 10. The first-order valence-corrected chi connectivity index (χ1v) is 18.6. The van der Waals surface area contributed by atoms with Gasteiger partial charge < -0.3 is 10.8 Å². The van der Waals surface area contributed by atoms with E-state index in [-0.39, 0.29) is 27.8 Å². The number of terminal acetylenes is 1. The van der Waals surface area contributed by atoms with Gasteiger partial charge in [0.15, 0.2) is 0 Å². The Kier molecular flexibility index (Phi) is 6.40. The molecule has 0 aromatic carbocycles. The lowest BCUT2D eigenvalue weighted by Gasteiger charge is -2.68. The van der Waals surface area contributed by atoms with Gasteiger partial charge >= 0.3 is 0 Å². The number of rotatable bonds is 1. The topological polar surface area (TPSA) is 46.2 Å². The average Bonchev–Trinajstić information content (AvgIpc) is 3.45. The van der Waals surface area contributed by atoms with Crippen molar-refractivity contribution in [3.05, 3.63) is 11.6 Å². The second-order valence-electron chi connectivity index (χ2n) is 18.5. The van der Waals surface area contributed by atoms with Gasteiger partial charge in [0.2, 0.25) is 0 Å². The number of aliphatic hydroxyl groups is 1. The molecule has 0 radical (unpaired) electrons. The van der Waals surface area contributed by atoms with Crippen LogP contribution >= 0.6 is 0 Å². The summed E-state index contributed by atoms with van der Waals surface area (Å²) in [5.41, 5.74) is 9.96. The lowest BCUT2D eigenvalue weighted by Crippen LogP contribution is -2.64. The molecular weight excluding hydrogens is 510 g/mol. The Hall–Kier alpha value is -0.780. The summed E-state index contributed by atoms with van der Waals surface area (Å²) in [6.07, 6.45) is 31.6. The quantitative estimate of drug-likeness (QED) is 0.244. The second-order valence-corrected chi connectivity index (χ2v) is 18.5. The molecule has 42 heavy (non-hydrogen) atoms. The summed E-state index contributed by atoms with van der Waals surface area (Å²) in [4.78, 5) is 0. The van der Waals surface area contributed by atoms with Crippen molar-refractivity contribution in [2.24, 2.45) is 80.2 Å². The van der Waals surface area contributed by atoms with Crippen molar-refractivity contribution in [3.63, 3.8) is 0 Å². The highest BCUT2D eigenvalue weighted by Gasteiger charge is 2.71. The summed E-state index contributed by atoms with van der Waals surface area (Å²) < 4.78 is 0. The van der Waals surface area contributed by atoms with Crippen molar-refractivity contribution in [2.75, 3.05) is 0 Å². The smallest absolute Gasteiger partial charge is 0.0596 e. The maximum atomic E-state index is 11.1. The van der Waals surface area contributed by atoms with E-state index >= 15 is 0 Å².